The van der Waals surface area contributed by atoms with E-state index in [-0.39, 0.29) is 6.10 Å². The highest BCUT2D eigenvalue weighted by atomic mass is 16.3. The summed E-state index contributed by atoms with van der Waals surface area (Å²) in [5.41, 5.74) is 0. The van der Waals surface area contributed by atoms with Gasteiger partial charge in [0.05, 0.1) is 6.10 Å². The Kier molecular flexibility index (Phi) is 3.74. The van der Waals surface area contributed by atoms with Crippen molar-refractivity contribution in [2.24, 2.45) is 11.8 Å². The van der Waals surface area contributed by atoms with Gasteiger partial charge in [0, 0.05) is 19.1 Å². The van der Waals surface area contributed by atoms with E-state index in [2.05, 4.69) is 32.6 Å². The van der Waals surface area contributed by atoms with Crippen molar-refractivity contribution >= 4 is 0 Å². The van der Waals surface area contributed by atoms with Crippen LogP contribution in [0.15, 0.2) is 0 Å². The second-order valence-corrected chi connectivity index (χ2v) is 4.85. The number of aliphatic hydroxyl groups is 1. The Morgan fingerprint density at radius 2 is 1.85 bits per heavy atom. The van der Waals surface area contributed by atoms with Gasteiger partial charge in [0.25, 0.3) is 0 Å². The third-order valence-corrected chi connectivity index (χ3v) is 3.24. The summed E-state index contributed by atoms with van der Waals surface area (Å²) in [5, 5.41) is 9.81. The lowest BCUT2D eigenvalue weighted by Gasteiger charge is -2.40. The maximum atomic E-state index is 9.81. The first kappa shape index (κ1) is 11.0. The molecule has 0 aromatic heterocycles. The molecule has 13 heavy (non-hydrogen) atoms. The molecule has 2 atom stereocenters. The molecule has 0 aromatic rings. The van der Waals surface area contributed by atoms with Gasteiger partial charge in [-0.05, 0) is 32.1 Å². The highest BCUT2D eigenvalue weighted by Gasteiger charge is 2.30. The number of rotatable bonds is 2. The molecule has 2 unspecified atom stereocenters. The maximum Gasteiger partial charge on any atom is 0.0595 e. The quantitative estimate of drug-likeness (QED) is 0.708. The van der Waals surface area contributed by atoms with Crippen molar-refractivity contribution < 1.29 is 5.11 Å². The van der Waals surface area contributed by atoms with E-state index in [1.807, 2.05) is 0 Å². The minimum atomic E-state index is -0.0741. The molecule has 0 aromatic carbocycles. The van der Waals surface area contributed by atoms with Crippen molar-refractivity contribution in [2.45, 2.75) is 46.3 Å². The predicted molar refractivity (Wildman–Crippen MR) is 55.7 cm³/mol. The normalized spacial score (nSPS) is 31.6. The first-order valence-electron chi connectivity index (χ1n) is 5.44. The largest absolute Gasteiger partial charge is 0.393 e. The van der Waals surface area contributed by atoms with Crippen LogP contribution in [-0.4, -0.2) is 35.2 Å². The van der Waals surface area contributed by atoms with Crippen LogP contribution >= 0.6 is 0 Å². The van der Waals surface area contributed by atoms with Crippen LogP contribution in [0.3, 0.4) is 0 Å². The van der Waals surface area contributed by atoms with Crippen molar-refractivity contribution in [3.8, 4) is 0 Å². The van der Waals surface area contributed by atoms with Gasteiger partial charge < -0.3 is 10.0 Å². The fourth-order valence-corrected chi connectivity index (χ4v) is 2.12. The lowest BCUT2D eigenvalue weighted by molar-refractivity contribution is -0.00407. The minimum absolute atomic E-state index is 0.0741. The minimum Gasteiger partial charge on any atom is -0.393 e. The predicted octanol–water partition coefficient (Wildman–Crippen LogP) is 1.73. The second kappa shape index (κ2) is 4.43. The SMILES string of the molecule is CC(C)C1CN(C(C)C)CCC1O. The van der Waals surface area contributed by atoms with Crippen molar-refractivity contribution in [1.82, 2.24) is 4.90 Å². The molecule has 1 aliphatic heterocycles. The van der Waals surface area contributed by atoms with Gasteiger partial charge in [0.2, 0.25) is 0 Å². The topological polar surface area (TPSA) is 23.5 Å². The molecular formula is C11H23NO. The maximum absolute atomic E-state index is 9.81. The van der Waals surface area contributed by atoms with Crippen LogP contribution in [0.25, 0.3) is 0 Å². The third kappa shape index (κ3) is 2.68. The van der Waals surface area contributed by atoms with Crippen LogP contribution in [0, 0.1) is 11.8 Å². The fourth-order valence-electron chi connectivity index (χ4n) is 2.12. The summed E-state index contributed by atoms with van der Waals surface area (Å²) < 4.78 is 0. The van der Waals surface area contributed by atoms with E-state index in [0.717, 1.165) is 19.5 Å². The first-order chi connectivity index (χ1) is 6.02. The molecule has 2 heteroatoms. The zero-order chi connectivity index (χ0) is 10.0. The Morgan fingerprint density at radius 1 is 1.23 bits per heavy atom. The van der Waals surface area contributed by atoms with E-state index in [1.54, 1.807) is 0 Å². The lowest BCUT2D eigenvalue weighted by Crippen LogP contribution is -2.47. The smallest absolute Gasteiger partial charge is 0.0595 e. The Labute approximate surface area is 81.9 Å². The van der Waals surface area contributed by atoms with Gasteiger partial charge in [-0.1, -0.05) is 13.8 Å². The Balaban J connectivity index is 2.53. The van der Waals surface area contributed by atoms with Gasteiger partial charge in [-0.25, -0.2) is 0 Å². The highest BCUT2D eigenvalue weighted by Crippen LogP contribution is 2.25. The van der Waals surface area contributed by atoms with E-state index < -0.39 is 0 Å². The molecule has 1 fully saturated rings. The molecule has 1 N–H and O–H groups in total. The van der Waals surface area contributed by atoms with Gasteiger partial charge in [-0.2, -0.15) is 0 Å². The number of nitrogens with zero attached hydrogens (tertiary/aromatic N) is 1. The lowest BCUT2D eigenvalue weighted by atomic mass is 9.85. The van der Waals surface area contributed by atoms with Gasteiger partial charge >= 0.3 is 0 Å². The monoisotopic (exact) mass is 185 g/mol. The molecular weight excluding hydrogens is 162 g/mol. The molecule has 1 saturated heterocycles. The number of likely N-dealkylation sites (tertiary alicyclic amines) is 1. The zero-order valence-corrected chi connectivity index (χ0v) is 9.33. The van der Waals surface area contributed by atoms with Gasteiger partial charge in [0.1, 0.15) is 0 Å². The van der Waals surface area contributed by atoms with Crippen molar-refractivity contribution in [3.63, 3.8) is 0 Å². The molecule has 0 spiro atoms. The molecule has 0 amide bonds. The number of aliphatic hydroxyl groups excluding tert-OH is 1. The Morgan fingerprint density at radius 3 is 2.31 bits per heavy atom. The molecule has 0 aliphatic carbocycles. The first-order valence-corrected chi connectivity index (χ1v) is 5.44. The average molecular weight is 185 g/mol. The number of hydrogen-bond acceptors (Lipinski definition) is 2. The van der Waals surface area contributed by atoms with Crippen molar-refractivity contribution in [1.29, 1.82) is 0 Å². The molecule has 2 nitrogen and oxygen atoms in total. The average Bonchev–Trinajstić information content (AvgIpc) is 2.04. The van der Waals surface area contributed by atoms with Gasteiger partial charge in [-0.3, -0.25) is 0 Å². The molecule has 0 radical (unpaired) electrons. The van der Waals surface area contributed by atoms with Crippen LogP contribution in [-0.2, 0) is 0 Å². The second-order valence-electron chi connectivity index (χ2n) is 4.85. The summed E-state index contributed by atoms with van der Waals surface area (Å²) in [6, 6.07) is 0.619. The van der Waals surface area contributed by atoms with Crippen molar-refractivity contribution in [3.05, 3.63) is 0 Å². The van der Waals surface area contributed by atoms with Gasteiger partial charge in [0.15, 0.2) is 0 Å². The fraction of sp³-hybridized carbons (Fsp3) is 1.00. The summed E-state index contributed by atoms with van der Waals surface area (Å²) in [6.07, 6.45) is 0.871. The molecule has 78 valence electrons. The highest BCUT2D eigenvalue weighted by molar-refractivity contribution is 4.83. The van der Waals surface area contributed by atoms with Crippen LogP contribution in [0.4, 0.5) is 0 Å². The van der Waals surface area contributed by atoms with E-state index >= 15 is 0 Å². The van der Waals surface area contributed by atoms with Crippen molar-refractivity contribution in [2.75, 3.05) is 13.1 Å². The Hall–Kier alpha value is -0.0800. The summed E-state index contributed by atoms with van der Waals surface area (Å²) in [4.78, 5) is 2.47. The molecule has 0 bridgehead atoms. The van der Waals surface area contributed by atoms with Crippen LogP contribution in [0.5, 0.6) is 0 Å². The molecule has 1 aliphatic rings. The zero-order valence-electron chi connectivity index (χ0n) is 9.33. The summed E-state index contributed by atoms with van der Waals surface area (Å²) >= 11 is 0. The molecule has 0 saturated carbocycles. The standard InChI is InChI=1S/C11H23NO/c1-8(2)10-7-12(9(3)4)6-5-11(10)13/h8-11,13H,5-7H2,1-4H3. The van der Waals surface area contributed by atoms with E-state index in [9.17, 15) is 5.11 Å². The van der Waals surface area contributed by atoms with E-state index in [4.69, 9.17) is 0 Å². The van der Waals surface area contributed by atoms with Crippen LogP contribution in [0.1, 0.15) is 34.1 Å². The van der Waals surface area contributed by atoms with Gasteiger partial charge in [-0.15, -0.1) is 0 Å². The van der Waals surface area contributed by atoms with E-state index in [0.29, 0.717) is 17.9 Å². The molecule has 1 heterocycles. The van der Waals surface area contributed by atoms with Crippen LogP contribution < -0.4 is 0 Å². The molecule has 1 rings (SSSR count). The third-order valence-electron chi connectivity index (χ3n) is 3.24. The summed E-state index contributed by atoms with van der Waals surface area (Å²) in [6.45, 7) is 11.0. The number of hydrogen-bond donors (Lipinski definition) is 1. The summed E-state index contributed by atoms with van der Waals surface area (Å²) in [5.74, 6) is 1.06. The Bertz CT molecular complexity index is 156. The summed E-state index contributed by atoms with van der Waals surface area (Å²) in [7, 11) is 0. The van der Waals surface area contributed by atoms with E-state index in [1.165, 1.54) is 0 Å². The number of piperidine rings is 1. The van der Waals surface area contributed by atoms with Crippen LogP contribution in [0.2, 0.25) is 0 Å².